The van der Waals surface area contributed by atoms with E-state index in [9.17, 15) is 27.5 Å². The van der Waals surface area contributed by atoms with E-state index in [0.717, 1.165) is 12.1 Å². The Kier molecular flexibility index (Phi) is 6.35. The zero-order chi connectivity index (χ0) is 25.3. The van der Waals surface area contributed by atoms with Crippen LogP contribution in [0.1, 0.15) is 39.6 Å². The monoisotopic (exact) mass is 499 g/mol. The summed E-state index contributed by atoms with van der Waals surface area (Å²) in [5.74, 6) is -4.83. The summed E-state index contributed by atoms with van der Waals surface area (Å²) in [7, 11) is -4.01. The molecule has 3 N–H and O–H groups in total. The fourth-order valence-corrected chi connectivity index (χ4v) is 4.84. The first-order valence-electron chi connectivity index (χ1n) is 10.5. The van der Waals surface area contributed by atoms with Gasteiger partial charge in [0.25, 0.3) is 0 Å². The van der Waals surface area contributed by atoms with Crippen molar-refractivity contribution in [3.05, 3.63) is 83.2 Å². The van der Waals surface area contributed by atoms with Crippen LogP contribution in [0.4, 0.5) is 14.5 Å². The van der Waals surface area contributed by atoms with Crippen LogP contribution in [0.25, 0.3) is 22.2 Å². The van der Waals surface area contributed by atoms with Crippen molar-refractivity contribution >= 4 is 38.5 Å². The second kappa shape index (κ2) is 9.26. The third kappa shape index (κ3) is 4.62. The van der Waals surface area contributed by atoms with Crippen molar-refractivity contribution in [3.63, 3.8) is 0 Å². The molecule has 0 spiro atoms. The molecule has 0 radical (unpaired) electrons. The number of ketones is 1. The first-order valence-corrected chi connectivity index (χ1v) is 12.1. The highest BCUT2D eigenvalue weighted by Crippen LogP contribution is 2.30. The molecule has 11 heteroatoms. The van der Waals surface area contributed by atoms with Crippen molar-refractivity contribution in [2.45, 2.75) is 13.3 Å². The van der Waals surface area contributed by atoms with E-state index in [1.54, 1.807) is 31.2 Å². The smallest absolute Gasteiger partial charge is 0.336 e. The second-order valence-corrected chi connectivity index (χ2v) is 9.55. The number of aromatic nitrogens is 2. The molecule has 2 heterocycles. The Hall–Kier alpha value is -4.12. The molecule has 180 valence electrons. The number of pyridine rings is 1. The molecule has 0 aliphatic heterocycles. The number of hydrogen-bond donors (Lipinski definition) is 3. The topological polar surface area (TPSA) is 129 Å². The molecular weight excluding hydrogens is 480 g/mol. The van der Waals surface area contributed by atoms with E-state index >= 15 is 4.39 Å². The maximum Gasteiger partial charge on any atom is 0.336 e. The lowest BCUT2D eigenvalue weighted by Crippen LogP contribution is -2.19. The van der Waals surface area contributed by atoms with Crippen LogP contribution in [0.3, 0.4) is 0 Å². The number of sulfonamides is 1. The third-order valence-corrected chi connectivity index (χ3v) is 6.77. The molecule has 4 rings (SSSR count). The SMILES string of the molecule is CCCS(=O)(=O)Nc1c(F)ccc(C(=O)c2c[nH]c3ncc(-c4ccccc4C(=O)O)cc23)c1F. The van der Waals surface area contributed by atoms with Crippen molar-refractivity contribution in [1.29, 1.82) is 0 Å². The minimum Gasteiger partial charge on any atom is -0.478 e. The van der Waals surface area contributed by atoms with Crippen molar-refractivity contribution in [1.82, 2.24) is 9.97 Å². The van der Waals surface area contributed by atoms with Gasteiger partial charge in [0.2, 0.25) is 10.0 Å². The van der Waals surface area contributed by atoms with Crippen LogP contribution in [0.15, 0.2) is 54.9 Å². The molecule has 0 fully saturated rings. The lowest BCUT2D eigenvalue weighted by atomic mass is 9.98. The molecule has 0 saturated heterocycles. The molecule has 8 nitrogen and oxygen atoms in total. The third-order valence-electron chi connectivity index (χ3n) is 5.31. The molecule has 0 aliphatic carbocycles. The van der Waals surface area contributed by atoms with E-state index in [-0.39, 0.29) is 34.3 Å². The van der Waals surface area contributed by atoms with Gasteiger partial charge in [0.05, 0.1) is 16.9 Å². The number of rotatable bonds is 8. The summed E-state index contributed by atoms with van der Waals surface area (Å²) in [6, 6.07) is 9.54. The average Bonchev–Trinajstić information content (AvgIpc) is 3.24. The van der Waals surface area contributed by atoms with Gasteiger partial charge in [0, 0.05) is 28.9 Å². The molecule has 0 aliphatic rings. The molecule has 2 aromatic carbocycles. The summed E-state index contributed by atoms with van der Waals surface area (Å²) in [6.07, 6.45) is 2.97. The Morgan fingerprint density at radius 1 is 1.09 bits per heavy atom. The van der Waals surface area contributed by atoms with Gasteiger partial charge in [-0.25, -0.2) is 27.0 Å². The van der Waals surface area contributed by atoms with E-state index in [2.05, 4.69) is 9.97 Å². The Morgan fingerprint density at radius 2 is 1.83 bits per heavy atom. The van der Waals surface area contributed by atoms with Crippen LogP contribution in [-0.4, -0.2) is 41.0 Å². The van der Waals surface area contributed by atoms with Crippen molar-refractivity contribution < 1.29 is 31.9 Å². The van der Waals surface area contributed by atoms with Crippen LogP contribution in [0.5, 0.6) is 0 Å². The van der Waals surface area contributed by atoms with Gasteiger partial charge < -0.3 is 10.1 Å². The number of aromatic carboxylic acids is 1. The number of carboxylic acid groups (broad SMARTS) is 1. The number of nitrogens with zero attached hydrogens (tertiary/aromatic N) is 1. The van der Waals surface area contributed by atoms with Crippen LogP contribution in [0.2, 0.25) is 0 Å². The van der Waals surface area contributed by atoms with Gasteiger partial charge >= 0.3 is 5.97 Å². The summed E-state index contributed by atoms with van der Waals surface area (Å²) in [6.45, 7) is 1.60. The number of carbonyl (C=O) groups is 2. The first kappa shape index (κ1) is 24.0. The first-order chi connectivity index (χ1) is 16.6. The average molecular weight is 499 g/mol. The van der Waals surface area contributed by atoms with Crippen LogP contribution < -0.4 is 4.72 Å². The van der Waals surface area contributed by atoms with E-state index in [4.69, 9.17) is 0 Å². The number of carboxylic acids is 1. The standard InChI is InChI=1S/C24H19F2N3O5S/c1-2-9-35(33,34)29-21-19(25)8-7-16(20(21)26)22(30)18-12-28-23-17(18)10-13(11-27-23)14-5-3-4-6-15(14)24(31)32/h3-8,10-12,29H,2,9H2,1H3,(H,27,28)(H,31,32). The van der Waals surface area contributed by atoms with Gasteiger partial charge in [-0.3, -0.25) is 9.52 Å². The van der Waals surface area contributed by atoms with Crippen molar-refractivity contribution in [3.8, 4) is 11.1 Å². The molecule has 35 heavy (non-hydrogen) atoms. The molecule has 0 saturated carbocycles. The molecular formula is C24H19F2N3O5S. The fourth-order valence-electron chi connectivity index (χ4n) is 3.70. The predicted octanol–water partition coefficient (Wildman–Crippen LogP) is 4.59. The predicted molar refractivity (Wildman–Crippen MR) is 126 cm³/mol. The normalized spacial score (nSPS) is 11.5. The molecule has 0 atom stereocenters. The Labute approximate surface area is 198 Å². The lowest BCUT2D eigenvalue weighted by Gasteiger charge is -2.12. The summed E-state index contributed by atoms with van der Waals surface area (Å²) < 4.78 is 55.4. The van der Waals surface area contributed by atoms with Gasteiger partial charge in [0.1, 0.15) is 17.2 Å². The number of fused-ring (bicyclic) bond motifs is 1. The van der Waals surface area contributed by atoms with E-state index in [0.29, 0.717) is 11.1 Å². The van der Waals surface area contributed by atoms with Gasteiger partial charge in [-0.05, 0) is 36.2 Å². The molecule has 4 aromatic rings. The lowest BCUT2D eigenvalue weighted by molar-refractivity contribution is 0.0697. The number of anilines is 1. The summed E-state index contributed by atoms with van der Waals surface area (Å²) >= 11 is 0. The number of H-pyrrole nitrogens is 1. The van der Waals surface area contributed by atoms with Crippen LogP contribution in [0, 0.1) is 11.6 Å². The van der Waals surface area contributed by atoms with Gasteiger partial charge in [0.15, 0.2) is 11.6 Å². The van der Waals surface area contributed by atoms with E-state index in [1.807, 2.05) is 4.72 Å². The molecule has 0 amide bonds. The maximum absolute atomic E-state index is 15.2. The molecule has 0 unspecified atom stereocenters. The molecule has 2 aromatic heterocycles. The largest absolute Gasteiger partial charge is 0.478 e. The van der Waals surface area contributed by atoms with Gasteiger partial charge in [-0.15, -0.1) is 0 Å². The van der Waals surface area contributed by atoms with Crippen molar-refractivity contribution in [2.75, 3.05) is 10.5 Å². The van der Waals surface area contributed by atoms with Crippen molar-refractivity contribution in [2.24, 2.45) is 0 Å². The quantitative estimate of drug-likeness (QED) is 0.304. The summed E-state index contributed by atoms with van der Waals surface area (Å²) in [5.41, 5.74) is -0.375. The highest BCUT2D eigenvalue weighted by molar-refractivity contribution is 7.92. The Morgan fingerprint density at radius 3 is 2.54 bits per heavy atom. The number of benzene rings is 2. The number of hydrogen-bond acceptors (Lipinski definition) is 5. The number of halogens is 2. The highest BCUT2D eigenvalue weighted by Gasteiger charge is 2.25. The zero-order valence-electron chi connectivity index (χ0n) is 18.3. The van der Waals surface area contributed by atoms with Crippen LogP contribution >= 0.6 is 0 Å². The second-order valence-electron chi connectivity index (χ2n) is 7.71. The van der Waals surface area contributed by atoms with E-state index < -0.39 is 44.7 Å². The van der Waals surface area contributed by atoms with Gasteiger partial charge in [-0.2, -0.15) is 0 Å². The summed E-state index contributed by atoms with van der Waals surface area (Å²) in [4.78, 5) is 31.9. The van der Waals surface area contributed by atoms with Crippen LogP contribution in [-0.2, 0) is 10.0 Å². The highest BCUT2D eigenvalue weighted by atomic mass is 32.2. The summed E-state index contributed by atoms with van der Waals surface area (Å²) in [5, 5.41) is 9.77. The molecule has 0 bridgehead atoms. The maximum atomic E-state index is 15.2. The minimum absolute atomic E-state index is 0.00460. The minimum atomic E-state index is -4.01. The Bertz CT molecular complexity index is 1580. The number of aromatic amines is 1. The van der Waals surface area contributed by atoms with E-state index in [1.165, 1.54) is 18.5 Å². The Balaban J connectivity index is 1.80. The van der Waals surface area contributed by atoms with Gasteiger partial charge in [-0.1, -0.05) is 25.1 Å². The fraction of sp³-hybridized carbons (Fsp3) is 0.125. The number of carbonyl (C=O) groups excluding carboxylic acids is 1. The zero-order valence-corrected chi connectivity index (χ0v) is 19.1. The number of nitrogens with one attached hydrogen (secondary N) is 2.